The Bertz CT molecular complexity index is 958. The Morgan fingerprint density at radius 3 is 2.61 bits per heavy atom. The molecule has 3 atom stereocenters. The van der Waals surface area contributed by atoms with Gasteiger partial charge in [0.15, 0.2) is 0 Å². The van der Waals surface area contributed by atoms with E-state index in [0.29, 0.717) is 5.75 Å². The smallest absolute Gasteiger partial charge is 0.116 e. The third-order valence-corrected chi connectivity index (χ3v) is 7.77. The van der Waals surface area contributed by atoms with E-state index in [4.69, 9.17) is 0 Å². The van der Waals surface area contributed by atoms with E-state index in [9.17, 15) is 10.2 Å². The Morgan fingerprint density at radius 1 is 1.04 bits per heavy atom. The first-order chi connectivity index (χ1) is 13.4. The minimum atomic E-state index is -0.192. The molecule has 0 heterocycles. The van der Waals surface area contributed by atoms with Gasteiger partial charge in [-0.1, -0.05) is 48.4 Å². The Labute approximate surface area is 167 Å². The number of rotatable bonds is 2. The minimum Gasteiger partial charge on any atom is -0.508 e. The van der Waals surface area contributed by atoms with Crippen molar-refractivity contribution < 1.29 is 10.2 Å². The van der Waals surface area contributed by atoms with E-state index in [0.717, 1.165) is 44.9 Å². The first-order valence-corrected chi connectivity index (χ1v) is 10.7. The summed E-state index contributed by atoms with van der Waals surface area (Å²) in [5.74, 6) is 0.388. The van der Waals surface area contributed by atoms with Crippen LogP contribution in [0.25, 0.3) is 0 Å². The number of aryl methyl sites for hydroxylation is 2. The fourth-order valence-electron chi connectivity index (χ4n) is 6.74. The van der Waals surface area contributed by atoms with E-state index in [-0.39, 0.29) is 16.9 Å². The average molecular weight is 375 g/mol. The standard InChI is InChI=1S/C26H30O2/c1-17-12-20(27)13-19-8-9-22-23-14-21(28)16-25(23,2)10-11-26(22,24(17)19)15-18-6-4-3-5-7-18/h3-7,12-13,21,27-28H,8-11,14-16H2,1-2H3/t21-,25?,26-/m1/s1. The zero-order valence-electron chi connectivity index (χ0n) is 17.0. The van der Waals surface area contributed by atoms with Gasteiger partial charge in [0.2, 0.25) is 0 Å². The van der Waals surface area contributed by atoms with Gasteiger partial charge in [0, 0.05) is 5.41 Å². The molecule has 0 bridgehead atoms. The van der Waals surface area contributed by atoms with Crippen LogP contribution in [0.5, 0.6) is 5.75 Å². The Kier molecular flexibility index (Phi) is 4.00. The van der Waals surface area contributed by atoms with Crippen molar-refractivity contribution in [3.8, 4) is 5.75 Å². The molecule has 0 spiro atoms. The van der Waals surface area contributed by atoms with Gasteiger partial charge < -0.3 is 10.2 Å². The summed E-state index contributed by atoms with van der Waals surface area (Å²) < 4.78 is 0. The average Bonchev–Trinajstić information content (AvgIpc) is 2.96. The summed E-state index contributed by atoms with van der Waals surface area (Å²) in [6, 6.07) is 14.8. The fraction of sp³-hybridized carbons (Fsp3) is 0.462. The van der Waals surface area contributed by atoms with Gasteiger partial charge in [-0.2, -0.15) is 0 Å². The summed E-state index contributed by atoms with van der Waals surface area (Å²) >= 11 is 0. The maximum Gasteiger partial charge on any atom is 0.116 e. The number of fused-ring (bicyclic) bond motifs is 4. The highest BCUT2D eigenvalue weighted by atomic mass is 16.3. The summed E-state index contributed by atoms with van der Waals surface area (Å²) in [6.07, 6.45) is 6.88. The number of aromatic hydroxyl groups is 1. The quantitative estimate of drug-likeness (QED) is 0.693. The van der Waals surface area contributed by atoms with E-state index >= 15 is 0 Å². The van der Waals surface area contributed by atoms with Gasteiger partial charge in [0.05, 0.1) is 6.10 Å². The molecule has 1 unspecified atom stereocenters. The molecule has 146 valence electrons. The maximum absolute atomic E-state index is 10.5. The molecule has 28 heavy (non-hydrogen) atoms. The van der Waals surface area contributed by atoms with Crippen molar-refractivity contribution in [3.05, 3.63) is 75.9 Å². The van der Waals surface area contributed by atoms with Crippen molar-refractivity contribution >= 4 is 0 Å². The molecule has 1 fully saturated rings. The zero-order chi connectivity index (χ0) is 19.5. The van der Waals surface area contributed by atoms with Crippen molar-refractivity contribution in [1.82, 2.24) is 0 Å². The lowest BCUT2D eigenvalue weighted by molar-refractivity contribution is 0.156. The molecule has 3 aliphatic carbocycles. The van der Waals surface area contributed by atoms with Crippen LogP contribution in [0.1, 0.15) is 61.3 Å². The normalized spacial score (nSPS) is 31.3. The highest BCUT2D eigenvalue weighted by Crippen LogP contribution is 2.61. The molecule has 0 aromatic heterocycles. The number of phenolic OH excluding ortho intramolecular Hbond substituents is 1. The number of benzene rings is 2. The number of aliphatic hydroxyl groups excluding tert-OH is 1. The number of hydrogen-bond donors (Lipinski definition) is 2. The summed E-state index contributed by atoms with van der Waals surface area (Å²) in [7, 11) is 0. The zero-order valence-corrected chi connectivity index (χ0v) is 17.0. The van der Waals surface area contributed by atoms with Crippen LogP contribution in [0.3, 0.4) is 0 Å². The summed E-state index contributed by atoms with van der Waals surface area (Å²) in [5.41, 5.74) is 8.67. The van der Waals surface area contributed by atoms with Crippen LogP contribution in [-0.4, -0.2) is 16.3 Å². The molecule has 1 saturated carbocycles. The molecule has 2 nitrogen and oxygen atoms in total. The van der Waals surface area contributed by atoms with Crippen LogP contribution >= 0.6 is 0 Å². The lowest BCUT2D eigenvalue weighted by Gasteiger charge is -2.50. The topological polar surface area (TPSA) is 40.5 Å². The van der Waals surface area contributed by atoms with Crippen LogP contribution in [0, 0.1) is 12.3 Å². The van der Waals surface area contributed by atoms with Gasteiger partial charge in [-0.3, -0.25) is 0 Å². The van der Waals surface area contributed by atoms with Crippen molar-refractivity contribution in [3.63, 3.8) is 0 Å². The Morgan fingerprint density at radius 2 is 1.82 bits per heavy atom. The lowest BCUT2D eigenvalue weighted by atomic mass is 9.53. The van der Waals surface area contributed by atoms with Crippen molar-refractivity contribution in [2.24, 2.45) is 5.41 Å². The number of hydrogen-bond acceptors (Lipinski definition) is 2. The molecule has 3 aliphatic rings. The molecule has 0 radical (unpaired) electrons. The van der Waals surface area contributed by atoms with E-state index in [2.05, 4.69) is 44.2 Å². The second-order valence-electron chi connectivity index (χ2n) is 9.62. The molecule has 0 aliphatic heterocycles. The van der Waals surface area contributed by atoms with E-state index < -0.39 is 0 Å². The van der Waals surface area contributed by atoms with E-state index in [1.807, 2.05) is 12.1 Å². The monoisotopic (exact) mass is 374 g/mol. The van der Waals surface area contributed by atoms with Crippen LogP contribution < -0.4 is 0 Å². The predicted molar refractivity (Wildman–Crippen MR) is 113 cm³/mol. The molecule has 0 saturated heterocycles. The molecule has 2 N–H and O–H groups in total. The molecule has 0 amide bonds. The van der Waals surface area contributed by atoms with Gasteiger partial charge >= 0.3 is 0 Å². The Hall–Kier alpha value is -2.06. The number of allylic oxidation sites excluding steroid dienone is 1. The second-order valence-corrected chi connectivity index (χ2v) is 9.62. The van der Waals surface area contributed by atoms with Crippen molar-refractivity contribution in [1.29, 1.82) is 0 Å². The highest BCUT2D eigenvalue weighted by molar-refractivity contribution is 5.57. The number of aliphatic hydroxyl groups is 1. The molecular weight excluding hydrogens is 344 g/mol. The van der Waals surface area contributed by atoms with Gasteiger partial charge in [-0.15, -0.1) is 0 Å². The first kappa shape index (κ1) is 18.0. The SMILES string of the molecule is Cc1cc(O)cc2c1[C@@]1(Cc3ccccc3)CCC3(C)C[C@H](O)CC3=C1CC2. The Balaban J connectivity index is 1.76. The van der Waals surface area contributed by atoms with Crippen molar-refractivity contribution in [2.45, 2.75) is 70.3 Å². The van der Waals surface area contributed by atoms with E-state index in [1.54, 1.807) is 11.1 Å². The molecule has 5 rings (SSSR count). The van der Waals surface area contributed by atoms with Crippen LogP contribution in [-0.2, 0) is 18.3 Å². The van der Waals surface area contributed by atoms with Gasteiger partial charge in [-0.05, 0) is 91.7 Å². The van der Waals surface area contributed by atoms with Gasteiger partial charge in [0.1, 0.15) is 5.75 Å². The van der Waals surface area contributed by atoms with Crippen LogP contribution in [0.2, 0.25) is 0 Å². The molecule has 2 aromatic carbocycles. The van der Waals surface area contributed by atoms with Gasteiger partial charge in [-0.25, -0.2) is 0 Å². The summed E-state index contributed by atoms with van der Waals surface area (Å²) in [5, 5.41) is 20.7. The summed E-state index contributed by atoms with van der Waals surface area (Å²) in [6.45, 7) is 4.54. The highest BCUT2D eigenvalue weighted by Gasteiger charge is 2.52. The molecule has 2 aromatic rings. The predicted octanol–water partition coefficient (Wildman–Crippen LogP) is 5.38. The molecular formula is C26H30O2. The molecule has 2 heteroatoms. The van der Waals surface area contributed by atoms with E-state index in [1.165, 1.54) is 22.3 Å². The fourth-order valence-corrected chi connectivity index (χ4v) is 6.74. The second kappa shape index (κ2) is 6.22. The maximum atomic E-state index is 10.5. The first-order valence-electron chi connectivity index (χ1n) is 10.7. The number of phenols is 1. The largest absolute Gasteiger partial charge is 0.508 e. The lowest BCUT2D eigenvalue weighted by Crippen LogP contribution is -2.42. The third-order valence-electron chi connectivity index (χ3n) is 7.77. The van der Waals surface area contributed by atoms with Crippen LogP contribution in [0.15, 0.2) is 53.6 Å². The minimum absolute atomic E-state index is 0.00558. The van der Waals surface area contributed by atoms with Crippen LogP contribution in [0.4, 0.5) is 0 Å². The van der Waals surface area contributed by atoms with Gasteiger partial charge in [0.25, 0.3) is 0 Å². The summed E-state index contributed by atoms with van der Waals surface area (Å²) in [4.78, 5) is 0. The third kappa shape index (κ3) is 2.58. The van der Waals surface area contributed by atoms with Crippen molar-refractivity contribution in [2.75, 3.05) is 0 Å².